The van der Waals surface area contributed by atoms with Crippen molar-refractivity contribution in [3.63, 3.8) is 0 Å². The van der Waals surface area contributed by atoms with Gasteiger partial charge in [0.25, 0.3) is 0 Å². The average Bonchev–Trinajstić information content (AvgIpc) is 2.17. The first-order valence-electron chi connectivity index (χ1n) is 4.81. The highest BCUT2D eigenvalue weighted by Crippen LogP contribution is 2.24. The molecule has 0 fully saturated rings. The van der Waals surface area contributed by atoms with Gasteiger partial charge in [0.2, 0.25) is 0 Å². The number of hydrogen-bond donors (Lipinski definition) is 2. The molecular weight excluding hydrogens is 214 g/mol. The molecule has 0 bridgehead atoms. The topological polar surface area (TPSA) is 63.3 Å². The summed E-state index contributed by atoms with van der Waals surface area (Å²) in [4.78, 5) is 10.7. The molecule has 3 N–H and O–H groups in total. The third kappa shape index (κ3) is 3.90. The van der Waals surface area contributed by atoms with Crippen LogP contribution in [0.2, 0.25) is 5.02 Å². The summed E-state index contributed by atoms with van der Waals surface area (Å²) in [7, 11) is 0. The molecule has 0 aliphatic rings. The summed E-state index contributed by atoms with van der Waals surface area (Å²) < 4.78 is 0. The van der Waals surface area contributed by atoms with Crippen molar-refractivity contribution in [3.05, 3.63) is 34.9 Å². The Morgan fingerprint density at radius 3 is 2.47 bits per heavy atom. The van der Waals surface area contributed by atoms with Crippen molar-refractivity contribution in [1.29, 1.82) is 0 Å². The molecule has 1 atom stereocenters. The first-order valence-corrected chi connectivity index (χ1v) is 5.18. The molecule has 0 amide bonds. The molecule has 0 spiro atoms. The Kier molecular flexibility index (Phi) is 4.59. The van der Waals surface area contributed by atoms with E-state index in [4.69, 9.17) is 22.4 Å². The van der Waals surface area contributed by atoms with Crippen molar-refractivity contribution >= 4 is 17.6 Å². The molecule has 0 aromatic heterocycles. The van der Waals surface area contributed by atoms with E-state index in [9.17, 15) is 4.79 Å². The highest BCUT2D eigenvalue weighted by atomic mass is 35.5. The van der Waals surface area contributed by atoms with Crippen LogP contribution in [0.4, 0.5) is 0 Å². The van der Waals surface area contributed by atoms with Crippen molar-refractivity contribution < 1.29 is 9.90 Å². The van der Waals surface area contributed by atoms with Gasteiger partial charge in [0.1, 0.15) is 0 Å². The predicted molar refractivity (Wildman–Crippen MR) is 60.1 cm³/mol. The molecule has 3 nitrogen and oxygen atoms in total. The second-order valence-electron chi connectivity index (χ2n) is 3.42. The fourth-order valence-corrected chi connectivity index (χ4v) is 1.66. The van der Waals surface area contributed by atoms with Crippen LogP contribution in [0.25, 0.3) is 0 Å². The van der Waals surface area contributed by atoms with Gasteiger partial charge in [0, 0.05) is 5.02 Å². The van der Waals surface area contributed by atoms with Crippen LogP contribution in [0, 0.1) is 0 Å². The number of benzene rings is 1. The Labute approximate surface area is 93.9 Å². The number of rotatable bonds is 5. The summed E-state index contributed by atoms with van der Waals surface area (Å²) in [5, 5.41) is 9.41. The van der Waals surface area contributed by atoms with Crippen LogP contribution in [-0.2, 0) is 4.79 Å². The predicted octanol–water partition coefficient (Wildman–Crippen LogP) is 2.25. The Morgan fingerprint density at radius 1 is 1.40 bits per heavy atom. The molecular formula is C11H14ClNO2. The van der Waals surface area contributed by atoms with Gasteiger partial charge in [0.15, 0.2) is 0 Å². The zero-order valence-corrected chi connectivity index (χ0v) is 9.07. The summed E-state index contributed by atoms with van der Waals surface area (Å²) in [6.07, 6.45) is 0.784. The maximum absolute atomic E-state index is 10.7. The highest BCUT2D eigenvalue weighted by molar-refractivity contribution is 6.30. The smallest absolute Gasteiger partial charge is 0.303 e. The van der Waals surface area contributed by atoms with E-state index in [1.54, 1.807) is 12.1 Å². The van der Waals surface area contributed by atoms with Gasteiger partial charge in [-0.15, -0.1) is 0 Å². The summed E-state index contributed by atoms with van der Waals surface area (Å²) in [6, 6.07) is 7.24. The molecule has 0 radical (unpaired) electrons. The normalized spacial score (nSPS) is 12.4. The monoisotopic (exact) mass is 227 g/mol. The number of aliphatic carboxylic acids is 1. The van der Waals surface area contributed by atoms with Crippen LogP contribution in [0.1, 0.15) is 24.3 Å². The molecule has 82 valence electrons. The zero-order chi connectivity index (χ0) is 11.3. The minimum atomic E-state index is -0.802. The van der Waals surface area contributed by atoms with Crippen molar-refractivity contribution in [2.75, 3.05) is 6.54 Å². The number of carboxylic acid groups (broad SMARTS) is 1. The van der Waals surface area contributed by atoms with Gasteiger partial charge in [-0.3, -0.25) is 4.79 Å². The van der Waals surface area contributed by atoms with E-state index in [0.29, 0.717) is 18.0 Å². The molecule has 0 heterocycles. The molecule has 4 heteroatoms. The van der Waals surface area contributed by atoms with Gasteiger partial charge in [0.05, 0.1) is 6.42 Å². The molecule has 15 heavy (non-hydrogen) atoms. The number of hydrogen-bond acceptors (Lipinski definition) is 2. The van der Waals surface area contributed by atoms with Crippen LogP contribution in [0.15, 0.2) is 24.3 Å². The Balaban J connectivity index is 2.78. The number of carboxylic acids is 1. The van der Waals surface area contributed by atoms with Crippen molar-refractivity contribution in [1.82, 2.24) is 0 Å². The standard InChI is InChI=1S/C11H14ClNO2/c12-10-3-1-8(2-4-10)9(5-6-13)7-11(14)15/h1-4,9H,5-7,13H2,(H,14,15)/t9-/m0/s1. The van der Waals surface area contributed by atoms with Crippen LogP contribution >= 0.6 is 11.6 Å². The van der Waals surface area contributed by atoms with Crippen molar-refractivity contribution in [3.8, 4) is 0 Å². The van der Waals surface area contributed by atoms with Gasteiger partial charge < -0.3 is 10.8 Å². The summed E-state index contributed by atoms with van der Waals surface area (Å²) in [5.74, 6) is -0.826. The Bertz CT molecular complexity index is 324. The zero-order valence-electron chi connectivity index (χ0n) is 8.32. The van der Waals surface area contributed by atoms with E-state index in [0.717, 1.165) is 5.56 Å². The first-order chi connectivity index (χ1) is 7.13. The van der Waals surface area contributed by atoms with Crippen molar-refractivity contribution in [2.24, 2.45) is 5.73 Å². The highest BCUT2D eigenvalue weighted by Gasteiger charge is 2.14. The Morgan fingerprint density at radius 2 is 2.00 bits per heavy atom. The lowest BCUT2D eigenvalue weighted by atomic mass is 9.93. The quantitative estimate of drug-likeness (QED) is 0.811. The number of halogens is 1. The molecule has 0 saturated carbocycles. The van der Waals surface area contributed by atoms with E-state index in [1.807, 2.05) is 12.1 Å². The second kappa shape index (κ2) is 5.73. The van der Waals surface area contributed by atoms with E-state index in [-0.39, 0.29) is 12.3 Å². The van der Waals surface area contributed by atoms with Gasteiger partial charge in [-0.05, 0) is 36.6 Å². The first kappa shape index (κ1) is 12.0. The van der Waals surface area contributed by atoms with Gasteiger partial charge in [-0.2, -0.15) is 0 Å². The Hall–Kier alpha value is -1.06. The summed E-state index contributed by atoms with van der Waals surface area (Å²) in [6.45, 7) is 0.487. The second-order valence-corrected chi connectivity index (χ2v) is 3.86. The molecule has 0 aliphatic carbocycles. The fourth-order valence-electron chi connectivity index (χ4n) is 1.53. The van der Waals surface area contributed by atoms with E-state index < -0.39 is 5.97 Å². The van der Waals surface area contributed by atoms with Gasteiger partial charge in [-0.1, -0.05) is 23.7 Å². The van der Waals surface area contributed by atoms with Crippen molar-refractivity contribution in [2.45, 2.75) is 18.8 Å². The molecule has 1 aromatic carbocycles. The number of nitrogens with two attached hydrogens (primary N) is 1. The van der Waals surface area contributed by atoms with Crippen LogP contribution < -0.4 is 5.73 Å². The molecule has 0 saturated heterocycles. The largest absolute Gasteiger partial charge is 0.481 e. The van der Waals surface area contributed by atoms with Crippen LogP contribution in [0.5, 0.6) is 0 Å². The molecule has 1 rings (SSSR count). The van der Waals surface area contributed by atoms with Crippen LogP contribution in [0.3, 0.4) is 0 Å². The molecule has 0 aliphatic heterocycles. The molecule has 1 aromatic rings. The molecule has 0 unspecified atom stereocenters. The number of carbonyl (C=O) groups is 1. The lowest BCUT2D eigenvalue weighted by molar-refractivity contribution is -0.137. The lowest BCUT2D eigenvalue weighted by Gasteiger charge is -2.13. The van der Waals surface area contributed by atoms with Gasteiger partial charge >= 0.3 is 5.97 Å². The lowest BCUT2D eigenvalue weighted by Crippen LogP contribution is -2.11. The van der Waals surface area contributed by atoms with E-state index >= 15 is 0 Å². The maximum atomic E-state index is 10.7. The minimum absolute atomic E-state index is 0.0234. The van der Waals surface area contributed by atoms with E-state index in [1.165, 1.54) is 0 Å². The minimum Gasteiger partial charge on any atom is -0.481 e. The third-order valence-electron chi connectivity index (χ3n) is 2.28. The SMILES string of the molecule is NCC[C@@H](CC(=O)O)c1ccc(Cl)cc1. The summed E-state index contributed by atoms with van der Waals surface area (Å²) >= 11 is 5.76. The third-order valence-corrected chi connectivity index (χ3v) is 2.53. The van der Waals surface area contributed by atoms with E-state index in [2.05, 4.69) is 0 Å². The fraction of sp³-hybridized carbons (Fsp3) is 0.364. The summed E-state index contributed by atoms with van der Waals surface area (Å²) in [5.41, 5.74) is 6.43. The maximum Gasteiger partial charge on any atom is 0.303 e. The average molecular weight is 228 g/mol. The van der Waals surface area contributed by atoms with Crippen LogP contribution in [-0.4, -0.2) is 17.6 Å². The van der Waals surface area contributed by atoms with Gasteiger partial charge in [-0.25, -0.2) is 0 Å².